The fourth-order valence-electron chi connectivity index (χ4n) is 3.47. The summed E-state index contributed by atoms with van der Waals surface area (Å²) in [6, 6.07) is 10.2. The van der Waals surface area contributed by atoms with Crippen molar-refractivity contribution in [3.05, 3.63) is 36.0 Å². The number of para-hydroxylation sites is 1. The molecule has 104 valence electrons. The number of rotatable bonds is 2. The van der Waals surface area contributed by atoms with Crippen LogP contribution in [0.4, 0.5) is 0 Å². The van der Waals surface area contributed by atoms with Gasteiger partial charge in [0.2, 0.25) is 0 Å². The van der Waals surface area contributed by atoms with E-state index >= 15 is 0 Å². The van der Waals surface area contributed by atoms with Crippen LogP contribution >= 0.6 is 0 Å². The smallest absolute Gasteiger partial charge is 0.272 e. The molecule has 3 heterocycles. The zero-order valence-electron chi connectivity index (χ0n) is 11.5. The fraction of sp³-hybridized carbons (Fsp3) is 0.438. The van der Waals surface area contributed by atoms with E-state index in [1.165, 1.54) is 18.4 Å². The summed E-state index contributed by atoms with van der Waals surface area (Å²) in [5.74, 6) is 0.787. The lowest BCUT2D eigenvalue weighted by atomic mass is 9.99. The Morgan fingerprint density at radius 1 is 1.30 bits per heavy atom. The number of benzene rings is 1. The average molecular weight is 269 g/mol. The van der Waals surface area contributed by atoms with Crippen LogP contribution < -0.4 is 5.32 Å². The van der Waals surface area contributed by atoms with Crippen molar-refractivity contribution in [3.63, 3.8) is 0 Å². The van der Waals surface area contributed by atoms with Crippen LogP contribution in [-0.2, 0) is 6.67 Å². The monoisotopic (exact) mass is 269 g/mol. The quantitative estimate of drug-likeness (QED) is 0.906. The SMILES string of the molecule is O=C1c2cc3ccccc3n2CN1CC1CCCNC1. The summed E-state index contributed by atoms with van der Waals surface area (Å²) >= 11 is 0. The predicted molar refractivity (Wildman–Crippen MR) is 78.6 cm³/mol. The molecule has 0 radical (unpaired) electrons. The molecule has 0 spiro atoms. The van der Waals surface area contributed by atoms with Crippen LogP contribution in [-0.4, -0.2) is 35.0 Å². The van der Waals surface area contributed by atoms with Crippen LogP contribution in [0.15, 0.2) is 30.3 Å². The molecule has 1 atom stereocenters. The second-order valence-electron chi connectivity index (χ2n) is 5.90. The molecule has 1 fully saturated rings. The molecule has 1 N–H and O–H groups in total. The summed E-state index contributed by atoms with van der Waals surface area (Å²) in [6.07, 6.45) is 2.45. The van der Waals surface area contributed by atoms with Crippen molar-refractivity contribution in [2.24, 2.45) is 5.92 Å². The van der Waals surface area contributed by atoms with Gasteiger partial charge in [-0.05, 0) is 44.0 Å². The van der Waals surface area contributed by atoms with E-state index in [9.17, 15) is 4.79 Å². The highest BCUT2D eigenvalue weighted by Crippen LogP contribution is 2.27. The molecule has 1 amide bonds. The zero-order chi connectivity index (χ0) is 13.5. The highest BCUT2D eigenvalue weighted by molar-refractivity contribution is 6.00. The maximum absolute atomic E-state index is 12.5. The Labute approximate surface area is 118 Å². The number of nitrogens with zero attached hydrogens (tertiary/aromatic N) is 2. The number of fused-ring (bicyclic) bond motifs is 3. The maximum atomic E-state index is 12.5. The first-order valence-corrected chi connectivity index (χ1v) is 7.41. The molecule has 2 aliphatic rings. The molecule has 1 aromatic carbocycles. The Balaban J connectivity index is 1.58. The summed E-state index contributed by atoms with van der Waals surface area (Å²) < 4.78 is 2.15. The Kier molecular flexibility index (Phi) is 2.77. The van der Waals surface area contributed by atoms with Gasteiger partial charge in [0.15, 0.2) is 0 Å². The fourth-order valence-corrected chi connectivity index (χ4v) is 3.47. The van der Waals surface area contributed by atoms with Crippen LogP contribution in [0.3, 0.4) is 0 Å². The van der Waals surface area contributed by atoms with Gasteiger partial charge in [0.25, 0.3) is 5.91 Å². The van der Waals surface area contributed by atoms with E-state index in [1.807, 2.05) is 23.1 Å². The Morgan fingerprint density at radius 3 is 3.05 bits per heavy atom. The summed E-state index contributed by atoms with van der Waals surface area (Å²) in [4.78, 5) is 14.5. The Morgan fingerprint density at radius 2 is 2.20 bits per heavy atom. The average Bonchev–Trinajstić information content (AvgIpc) is 2.99. The van der Waals surface area contributed by atoms with Crippen molar-refractivity contribution in [2.45, 2.75) is 19.5 Å². The lowest BCUT2D eigenvalue weighted by Gasteiger charge is -2.27. The van der Waals surface area contributed by atoms with Gasteiger partial charge in [0, 0.05) is 11.9 Å². The summed E-state index contributed by atoms with van der Waals surface area (Å²) in [6.45, 7) is 3.74. The largest absolute Gasteiger partial charge is 0.319 e. The van der Waals surface area contributed by atoms with E-state index in [4.69, 9.17) is 0 Å². The van der Waals surface area contributed by atoms with Gasteiger partial charge in [-0.25, -0.2) is 0 Å². The highest BCUT2D eigenvalue weighted by Gasteiger charge is 2.30. The van der Waals surface area contributed by atoms with Gasteiger partial charge >= 0.3 is 0 Å². The summed E-state index contributed by atoms with van der Waals surface area (Å²) in [5.41, 5.74) is 2.01. The molecule has 2 aliphatic heterocycles. The second kappa shape index (κ2) is 4.63. The van der Waals surface area contributed by atoms with Crippen molar-refractivity contribution in [2.75, 3.05) is 19.6 Å². The topological polar surface area (TPSA) is 37.3 Å². The van der Waals surface area contributed by atoms with E-state index < -0.39 is 0 Å². The third-order valence-electron chi connectivity index (χ3n) is 4.51. The molecule has 4 rings (SSSR count). The van der Waals surface area contributed by atoms with Crippen LogP contribution in [0.25, 0.3) is 10.9 Å². The number of hydrogen-bond donors (Lipinski definition) is 1. The van der Waals surface area contributed by atoms with Gasteiger partial charge in [-0.3, -0.25) is 4.79 Å². The van der Waals surface area contributed by atoms with Crippen molar-refractivity contribution in [1.29, 1.82) is 0 Å². The number of amides is 1. The van der Waals surface area contributed by atoms with Gasteiger partial charge in [-0.15, -0.1) is 0 Å². The van der Waals surface area contributed by atoms with E-state index in [1.54, 1.807) is 0 Å². The number of aromatic nitrogens is 1. The number of carbonyl (C=O) groups excluding carboxylic acids is 1. The minimum Gasteiger partial charge on any atom is -0.319 e. The van der Waals surface area contributed by atoms with E-state index in [0.717, 1.165) is 30.7 Å². The minimum absolute atomic E-state index is 0.187. The van der Waals surface area contributed by atoms with Crippen molar-refractivity contribution in [1.82, 2.24) is 14.8 Å². The van der Waals surface area contributed by atoms with Gasteiger partial charge < -0.3 is 14.8 Å². The lowest BCUT2D eigenvalue weighted by Crippen LogP contribution is -2.38. The lowest BCUT2D eigenvalue weighted by molar-refractivity contribution is 0.0732. The zero-order valence-corrected chi connectivity index (χ0v) is 11.5. The molecule has 4 nitrogen and oxygen atoms in total. The van der Waals surface area contributed by atoms with Gasteiger partial charge in [0.05, 0.1) is 12.2 Å². The number of hydrogen-bond acceptors (Lipinski definition) is 2. The molecular weight excluding hydrogens is 250 g/mol. The number of nitrogens with one attached hydrogen (secondary N) is 1. The van der Waals surface area contributed by atoms with Gasteiger partial charge in [-0.2, -0.15) is 0 Å². The van der Waals surface area contributed by atoms with Gasteiger partial charge in [0.1, 0.15) is 5.69 Å². The molecule has 1 unspecified atom stereocenters. The third kappa shape index (κ3) is 1.83. The molecule has 4 heteroatoms. The van der Waals surface area contributed by atoms with E-state index in [2.05, 4.69) is 22.0 Å². The first-order valence-electron chi connectivity index (χ1n) is 7.41. The third-order valence-corrected chi connectivity index (χ3v) is 4.51. The van der Waals surface area contributed by atoms with Crippen LogP contribution in [0.5, 0.6) is 0 Å². The highest BCUT2D eigenvalue weighted by atomic mass is 16.2. The standard InChI is InChI=1S/C16H19N3O/c20-16-15-8-13-5-1-2-6-14(13)19(15)11-18(16)10-12-4-3-7-17-9-12/h1-2,5-6,8,12,17H,3-4,7,9-11H2. The maximum Gasteiger partial charge on any atom is 0.272 e. The molecule has 20 heavy (non-hydrogen) atoms. The summed E-state index contributed by atoms with van der Waals surface area (Å²) in [7, 11) is 0. The Hall–Kier alpha value is -1.81. The first-order chi connectivity index (χ1) is 9.83. The second-order valence-corrected chi connectivity index (χ2v) is 5.90. The first kappa shape index (κ1) is 12.0. The van der Waals surface area contributed by atoms with Crippen molar-refractivity contribution < 1.29 is 4.79 Å². The predicted octanol–water partition coefficient (Wildman–Crippen LogP) is 2.05. The molecule has 1 saturated heterocycles. The molecule has 0 saturated carbocycles. The molecule has 1 aromatic heterocycles. The summed E-state index contributed by atoms with van der Waals surface area (Å²) in [5, 5.41) is 4.59. The van der Waals surface area contributed by atoms with Crippen molar-refractivity contribution >= 4 is 16.8 Å². The molecule has 2 aromatic rings. The molecule has 0 aliphatic carbocycles. The van der Waals surface area contributed by atoms with Crippen molar-refractivity contribution in [3.8, 4) is 0 Å². The minimum atomic E-state index is 0.187. The van der Waals surface area contributed by atoms with Crippen LogP contribution in [0.2, 0.25) is 0 Å². The van der Waals surface area contributed by atoms with Crippen LogP contribution in [0, 0.1) is 5.92 Å². The van der Waals surface area contributed by atoms with E-state index in [-0.39, 0.29) is 5.91 Å². The Bertz CT molecular complexity index is 655. The molecule has 0 bridgehead atoms. The normalized spacial score (nSPS) is 22.5. The van der Waals surface area contributed by atoms with Crippen LogP contribution in [0.1, 0.15) is 23.3 Å². The van der Waals surface area contributed by atoms with Gasteiger partial charge in [-0.1, -0.05) is 18.2 Å². The number of carbonyl (C=O) groups is 1. The number of piperidine rings is 1. The molecular formula is C16H19N3O. The van der Waals surface area contributed by atoms with E-state index in [0.29, 0.717) is 12.6 Å².